The summed E-state index contributed by atoms with van der Waals surface area (Å²) in [6, 6.07) is 3.04. The third-order valence-corrected chi connectivity index (χ3v) is 2.83. The zero-order valence-corrected chi connectivity index (χ0v) is 10.6. The van der Waals surface area contributed by atoms with Crippen LogP contribution in [0.4, 0.5) is 11.5 Å². The number of carbonyl (C=O) groups is 1. The highest BCUT2D eigenvalue weighted by Gasteiger charge is 2.35. The largest absolute Gasteiger partial charge is 0.465 e. The Morgan fingerprint density at radius 2 is 2.37 bits per heavy atom. The zero-order valence-electron chi connectivity index (χ0n) is 10.6. The van der Waals surface area contributed by atoms with Crippen LogP contribution < -0.4 is 4.90 Å². The highest BCUT2D eigenvalue weighted by atomic mass is 16.6. The molecule has 0 aliphatic heterocycles. The molecule has 102 valence electrons. The van der Waals surface area contributed by atoms with Crippen LogP contribution in [0, 0.1) is 10.1 Å². The smallest absolute Gasteiger partial charge is 0.325 e. The number of ether oxygens (including phenoxy) is 1. The van der Waals surface area contributed by atoms with Gasteiger partial charge in [0.25, 0.3) is 0 Å². The van der Waals surface area contributed by atoms with Gasteiger partial charge in [-0.2, -0.15) is 0 Å². The lowest BCUT2D eigenvalue weighted by Crippen LogP contribution is -2.34. The van der Waals surface area contributed by atoms with Crippen molar-refractivity contribution in [2.24, 2.45) is 0 Å². The van der Waals surface area contributed by atoms with Crippen LogP contribution in [0.2, 0.25) is 0 Å². The number of rotatable bonds is 6. The molecule has 0 amide bonds. The molecule has 1 aliphatic carbocycles. The molecule has 1 aromatic rings. The topological polar surface area (TPSA) is 85.6 Å². The summed E-state index contributed by atoms with van der Waals surface area (Å²) >= 11 is 0. The third kappa shape index (κ3) is 3.18. The Labute approximate surface area is 110 Å². The molecule has 2 rings (SSSR count). The van der Waals surface area contributed by atoms with Gasteiger partial charge >= 0.3 is 11.7 Å². The van der Waals surface area contributed by atoms with Crippen molar-refractivity contribution in [3.05, 3.63) is 28.4 Å². The summed E-state index contributed by atoms with van der Waals surface area (Å²) in [5.74, 6) is -0.155. The molecule has 19 heavy (non-hydrogen) atoms. The second-order valence-electron chi connectivity index (χ2n) is 4.27. The van der Waals surface area contributed by atoms with Crippen LogP contribution in [0.25, 0.3) is 0 Å². The zero-order chi connectivity index (χ0) is 13.8. The van der Waals surface area contributed by atoms with E-state index in [9.17, 15) is 14.9 Å². The SMILES string of the molecule is CCOC(=O)CN(c1ncccc1[N+](=O)[O-])C1CC1. The van der Waals surface area contributed by atoms with Gasteiger partial charge in [0.05, 0.1) is 11.5 Å². The Balaban J connectivity index is 2.24. The summed E-state index contributed by atoms with van der Waals surface area (Å²) in [6.07, 6.45) is 3.31. The quantitative estimate of drug-likeness (QED) is 0.440. The van der Waals surface area contributed by atoms with Crippen LogP contribution in [0.15, 0.2) is 18.3 Å². The number of aromatic nitrogens is 1. The standard InChI is InChI=1S/C12H15N3O4/c1-2-19-11(16)8-14(9-5-6-9)12-10(15(17)18)4-3-7-13-12/h3-4,7,9H,2,5-6,8H2,1H3. The Kier molecular flexibility index (Phi) is 3.94. The highest BCUT2D eigenvalue weighted by Crippen LogP contribution is 2.34. The Morgan fingerprint density at radius 1 is 1.63 bits per heavy atom. The molecule has 0 unspecified atom stereocenters. The van der Waals surface area contributed by atoms with Crippen molar-refractivity contribution in [3.63, 3.8) is 0 Å². The average molecular weight is 265 g/mol. The molecule has 1 saturated carbocycles. The van der Waals surface area contributed by atoms with Gasteiger partial charge in [0, 0.05) is 18.3 Å². The van der Waals surface area contributed by atoms with E-state index in [2.05, 4.69) is 4.98 Å². The van der Waals surface area contributed by atoms with Crippen LogP contribution in [-0.4, -0.2) is 35.1 Å². The van der Waals surface area contributed by atoms with Gasteiger partial charge in [0.1, 0.15) is 6.54 Å². The monoisotopic (exact) mass is 265 g/mol. The normalized spacial score (nSPS) is 13.9. The van der Waals surface area contributed by atoms with Crippen LogP contribution >= 0.6 is 0 Å². The van der Waals surface area contributed by atoms with Gasteiger partial charge in [0.2, 0.25) is 5.82 Å². The molecule has 7 nitrogen and oxygen atoms in total. The molecule has 0 aromatic carbocycles. The van der Waals surface area contributed by atoms with Crippen molar-refractivity contribution in [2.75, 3.05) is 18.1 Å². The molecule has 0 radical (unpaired) electrons. The van der Waals surface area contributed by atoms with E-state index < -0.39 is 10.9 Å². The number of pyridine rings is 1. The predicted octanol–water partition coefficient (Wildman–Crippen LogP) is 1.52. The number of carbonyl (C=O) groups excluding carboxylic acids is 1. The minimum absolute atomic E-state index is 0.00361. The summed E-state index contributed by atoms with van der Waals surface area (Å²) in [6.45, 7) is 2.01. The van der Waals surface area contributed by atoms with E-state index in [0.29, 0.717) is 6.61 Å². The molecular weight excluding hydrogens is 250 g/mol. The van der Waals surface area contributed by atoms with Gasteiger partial charge in [-0.1, -0.05) is 0 Å². The first-order valence-corrected chi connectivity index (χ1v) is 6.15. The first-order valence-electron chi connectivity index (χ1n) is 6.15. The van der Waals surface area contributed by atoms with Gasteiger partial charge < -0.3 is 9.64 Å². The maximum absolute atomic E-state index is 11.6. The van der Waals surface area contributed by atoms with Crippen LogP contribution in [0.1, 0.15) is 19.8 Å². The maximum atomic E-state index is 11.6. The molecule has 0 atom stereocenters. The van der Waals surface area contributed by atoms with Crippen molar-refractivity contribution < 1.29 is 14.5 Å². The first-order chi connectivity index (χ1) is 9.13. The molecule has 1 fully saturated rings. The Bertz CT molecular complexity index is 488. The van der Waals surface area contributed by atoms with Crippen molar-refractivity contribution in [1.29, 1.82) is 0 Å². The van der Waals surface area contributed by atoms with Crippen LogP contribution in [-0.2, 0) is 9.53 Å². The molecule has 1 aromatic heterocycles. The highest BCUT2D eigenvalue weighted by molar-refractivity contribution is 5.77. The van der Waals surface area contributed by atoms with E-state index in [1.54, 1.807) is 11.8 Å². The van der Waals surface area contributed by atoms with Gasteiger partial charge in [-0.05, 0) is 25.8 Å². The minimum Gasteiger partial charge on any atom is -0.465 e. The Hall–Kier alpha value is -2.18. The van der Waals surface area contributed by atoms with E-state index in [4.69, 9.17) is 4.74 Å². The van der Waals surface area contributed by atoms with E-state index in [-0.39, 0.29) is 24.1 Å². The molecule has 7 heteroatoms. The van der Waals surface area contributed by atoms with Gasteiger partial charge in [-0.15, -0.1) is 0 Å². The summed E-state index contributed by atoms with van der Waals surface area (Å²) in [5.41, 5.74) is -0.0845. The maximum Gasteiger partial charge on any atom is 0.325 e. The summed E-state index contributed by atoms with van der Waals surface area (Å²) in [5, 5.41) is 11.0. The molecule has 0 bridgehead atoms. The second-order valence-corrected chi connectivity index (χ2v) is 4.27. The molecule has 0 saturated heterocycles. The van der Waals surface area contributed by atoms with Gasteiger partial charge in [0.15, 0.2) is 0 Å². The molecule has 0 spiro atoms. The number of nitrogens with zero attached hydrogens (tertiary/aromatic N) is 3. The van der Waals surface area contributed by atoms with Crippen LogP contribution in [0.5, 0.6) is 0 Å². The lowest BCUT2D eigenvalue weighted by Gasteiger charge is -2.21. The lowest BCUT2D eigenvalue weighted by molar-refractivity contribution is -0.384. The molecule has 0 N–H and O–H groups in total. The van der Waals surface area contributed by atoms with Crippen molar-refractivity contribution in [1.82, 2.24) is 4.98 Å². The van der Waals surface area contributed by atoms with E-state index in [1.165, 1.54) is 18.3 Å². The molecule has 1 heterocycles. The van der Waals surface area contributed by atoms with Gasteiger partial charge in [-0.25, -0.2) is 4.98 Å². The minimum atomic E-state index is -0.483. The summed E-state index contributed by atoms with van der Waals surface area (Å²) < 4.78 is 4.89. The molecule has 1 aliphatic rings. The average Bonchev–Trinajstić information content (AvgIpc) is 3.20. The summed E-state index contributed by atoms with van der Waals surface area (Å²) in [7, 11) is 0. The predicted molar refractivity (Wildman–Crippen MR) is 67.9 cm³/mol. The number of esters is 1. The van der Waals surface area contributed by atoms with Crippen molar-refractivity contribution in [2.45, 2.75) is 25.8 Å². The van der Waals surface area contributed by atoms with E-state index in [0.717, 1.165) is 12.8 Å². The fourth-order valence-electron chi connectivity index (χ4n) is 1.86. The number of nitro groups is 1. The fourth-order valence-corrected chi connectivity index (χ4v) is 1.86. The molecular formula is C12H15N3O4. The third-order valence-electron chi connectivity index (χ3n) is 2.83. The van der Waals surface area contributed by atoms with Crippen LogP contribution in [0.3, 0.4) is 0 Å². The van der Waals surface area contributed by atoms with Crippen molar-refractivity contribution >= 4 is 17.5 Å². The fraction of sp³-hybridized carbons (Fsp3) is 0.500. The van der Waals surface area contributed by atoms with E-state index >= 15 is 0 Å². The number of hydrogen-bond acceptors (Lipinski definition) is 6. The second kappa shape index (κ2) is 5.64. The number of hydrogen-bond donors (Lipinski definition) is 0. The van der Waals surface area contributed by atoms with Gasteiger partial charge in [-0.3, -0.25) is 14.9 Å². The lowest BCUT2D eigenvalue weighted by atomic mass is 10.3. The first kappa shape index (κ1) is 13.3. The Morgan fingerprint density at radius 3 is 2.95 bits per heavy atom. The summed E-state index contributed by atoms with van der Waals surface area (Å²) in [4.78, 5) is 27.8. The van der Waals surface area contributed by atoms with Crippen molar-refractivity contribution in [3.8, 4) is 0 Å². The number of anilines is 1. The van der Waals surface area contributed by atoms with E-state index in [1.807, 2.05) is 0 Å².